The SMILES string of the molecule is NC=CCNc1nc(N)nc(N)n1. The summed E-state index contributed by atoms with van der Waals surface area (Å²) < 4.78 is 0. The predicted octanol–water partition coefficient (Wildman–Crippen LogP) is -1.08. The third-order valence-electron chi connectivity index (χ3n) is 1.18. The van der Waals surface area contributed by atoms with Crippen LogP contribution in [0.2, 0.25) is 0 Å². The van der Waals surface area contributed by atoms with Crippen LogP contribution in [-0.2, 0) is 0 Å². The highest BCUT2D eigenvalue weighted by molar-refractivity contribution is 5.37. The van der Waals surface area contributed by atoms with Crippen molar-refractivity contribution in [1.82, 2.24) is 15.0 Å². The second-order valence-corrected chi connectivity index (χ2v) is 2.18. The second-order valence-electron chi connectivity index (χ2n) is 2.18. The van der Waals surface area contributed by atoms with Gasteiger partial charge in [-0.05, 0) is 12.3 Å². The van der Waals surface area contributed by atoms with E-state index in [4.69, 9.17) is 17.2 Å². The molecule has 7 N–H and O–H groups in total. The minimum atomic E-state index is 0.0896. The van der Waals surface area contributed by atoms with E-state index in [2.05, 4.69) is 20.3 Å². The molecule has 13 heavy (non-hydrogen) atoms. The molecule has 0 spiro atoms. The molecule has 70 valence electrons. The van der Waals surface area contributed by atoms with Crippen molar-refractivity contribution >= 4 is 17.8 Å². The van der Waals surface area contributed by atoms with Crippen molar-refractivity contribution in [2.24, 2.45) is 5.73 Å². The van der Waals surface area contributed by atoms with Crippen LogP contribution in [0.4, 0.5) is 17.8 Å². The summed E-state index contributed by atoms with van der Waals surface area (Å²) in [6.07, 6.45) is 3.12. The third-order valence-corrected chi connectivity index (χ3v) is 1.18. The predicted molar refractivity (Wildman–Crippen MR) is 50.5 cm³/mol. The van der Waals surface area contributed by atoms with Crippen LogP contribution >= 0.6 is 0 Å². The molecule has 0 bridgehead atoms. The fourth-order valence-corrected chi connectivity index (χ4v) is 0.707. The lowest BCUT2D eigenvalue weighted by molar-refractivity contribution is 1.06. The number of nitrogens with zero attached hydrogens (tertiary/aromatic N) is 3. The Balaban J connectivity index is 2.66. The first-order valence-corrected chi connectivity index (χ1v) is 3.60. The summed E-state index contributed by atoms with van der Waals surface area (Å²) in [6.45, 7) is 0.513. The molecular weight excluding hydrogens is 170 g/mol. The molecule has 7 heteroatoms. The molecule has 0 atom stereocenters. The molecule has 1 aromatic rings. The molecule has 0 aromatic carbocycles. The maximum absolute atomic E-state index is 5.34. The van der Waals surface area contributed by atoms with Gasteiger partial charge in [-0.2, -0.15) is 15.0 Å². The molecular formula is C6H11N7. The van der Waals surface area contributed by atoms with Gasteiger partial charge in [0.1, 0.15) is 0 Å². The van der Waals surface area contributed by atoms with E-state index in [0.29, 0.717) is 12.5 Å². The zero-order chi connectivity index (χ0) is 9.68. The first kappa shape index (κ1) is 9.04. The maximum Gasteiger partial charge on any atom is 0.229 e. The van der Waals surface area contributed by atoms with Crippen molar-refractivity contribution in [2.45, 2.75) is 0 Å². The van der Waals surface area contributed by atoms with Crippen molar-refractivity contribution in [3.8, 4) is 0 Å². The van der Waals surface area contributed by atoms with Gasteiger partial charge in [-0.15, -0.1) is 0 Å². The highest BCUT2D eigenvalue weighted by Gasteiger charge is 1.98. The summed E-state index contributed by atoms with van der Waals surface area (Å²) in [5, 5.41) is 2.84. The average Bonchev–Trinajstić information content (AvgIpc) is 2.03. The van der Waals surface area contributed by atoms with Crippen LogP contribution in [0, 0.1) is 0 Å². The third kappa shape index (κ3) is 2.81. The Hall–Kier alpha value is -2.05. The van der Waals surface area contributed by atoms with Crippen LogP contribution in [0.3, 0.4) is 0 Å². The molecule has 0 fully saturated rings. The number of nitrogens with two attached hydrogens (primary N) is 3. The Morgan fingerprint density at radius 3 is 2.31 bits per heavy atom. The minimum Gasteiger partial charge on any atom is -0.405 e. The molecule has 1 heterocycles. The van der Waals surface area contributed by atoms with Gasteiger partial charge in [-0.3, -0.25) is 0 Å². The zero-order valence-electron chi connectivity index (χ0n) is 6.94. The molecule has 1 rings (SSSR count). The summed E-state index contributed by atoms with van der Waals surface area (Å²) >= 11 is 0. The van der Waals surface area contributed by atoms with Crippen molar-refractivity contribution in [3.05, 3.63) is 12.3 Å². The van der Waals surface area contributed by atoms with Crippen LogP contribution in [0.25, 0.3) is 0 Å². The molecule has 7 nitrogen and oxygen atoms in total. The Morgan fingerprint density at radius 2 is 1.77 bits per heavy atom. The van der Waals surface area contributed by atoms with Crippen molar-refractivity contribution in [2.75, 3.05) is 23.3 Å². The standard InChI is InChI=1S/C6H11N7/c7-2-1-3-10-6-12-4(8)11-5(9)13-6/h1-2H,3,7H2,(H5,8,9,10,11,12,13). The molecule has 0 unspecified atom stereocenters. The highest BCUT2D eigenvalue weighted by atomic mass is 15.2. The van der Waals surface area contributed by atoms with E-state index >= 15 is 0 Å². The Morgan fingerprint density at radius 1 is 1.15 bits per heavy atom. The van der Waals surface area contributed by atoms with Crippen LogP contribution in [0.1, 0.15) is 0 Å². The average molecular weight is 181 g/mol. The first-order valence-electron chi connectivity index (χ1n) is 3.60. The topological polar surface area (TPSA) is 129 Å². The lowest BCUT2D eigenvalue weighted by Gasteiger charge is -2.01. The number of anilines is 3. The molecule has 0 aliphatic heterocycles. The number of rotatable bonds is 3. The Bertz CT molecular complexity index is 288. The van der Waals surface area contributed by atoms with E-state index in [1.807, 2.05) is 0 Å². The second kappa shape index (κ2) is 4.10. The van der Waals surface area contributed by atoms with Gasteiger partial charge in [0.2, 0.25) is 17.8 Å². The minimum absolute atomic E-state index is 0.0896. The van der Waals surface area contributed by atoms with Gasteiger partial charge < -0.3 is 22.5 Å². The van der Waals surface area contributed by atoms with Gasteiger partial charge >= 0.3 is 0 Å². The van der Waals surface area contributed by atoms with Gasteiger partial charge in [-0.1, -0.05) is 0 Å². The van der Waals surface area contributed by atoms with E-state index in [0.717, 1.165) is 0 Å². The highest BCUT2D eigenvalue weighted by Crippen LogP contribution is 2.02. The van der Waals surface area contributed by atoms with Gasteiger partial charge in [0.15, 0.2) is 0 Å². The van der Waals surface area contributed by atoms with Crippen LogP contribution < -0.4 is 22.5 Å². The monoisotopic (exact) mass is 181 g/mol. The number of hydrogen-bond donors (Lipinski definition) is 4. The van der Waals surface area contributed by atoms with Gasteiger partial charge in [0.05, 0.1) is 0 Å². The van der Waals surface area contributed by atoms with E-state index < -0.39 is 0 Å². The Kier molecular flexibility index (Phi) is 2.85. The summed E-state index contributed by atoms with van der Waals surface area (Å²) in [5.41, 5.74) is 15.8. The largest absolute Gasteiger partial charge is 0.405 e. The molecule has 0 saturated heterocycles. The van der Waals surface area contributed by atoms with Crippen molar-refractivity contribution in [1.29, 1.82) is 0 Å². The number of aromatic nitrogens is 3. The summed E-state index contributed by atoms with van der Waals surface area (Å²) in [6, 6.07) is 0. The normalized spacial score (nSPS) is 10.5. The Labute approximate surface area is 75.1 Å². The van der Waals surface area contributed by atoms with Gasteiger partial charge in [0.25, 0.3) is 0 Å². The fraction of sp³-hybridized carbons (Fsp3) is 0.167. The molecule has 0 radical (unpaired) electrons. The number of nitrogens with one attached hydrogen (secondary N) is 1. The molecule has 0 saturated carbocycles. The lowest BCUT2D eigenvalue weighted by atomic mass is 10.6. The smallest absolute Gasteiger partial charge is 0.229 e. The van der Waals surface area contributed by atoms with E-state index in [9.17, 15) is 0 Å². The van der Waals surface area contributed by atoms with E-state index in [-0.39, 0.29) is 11.9 Å². The molecule has 0 amide bonds. The summed E-state index contributed by atoms with van der Waals surface area (Å²) in [7, 11) is 0. The van der Waals surface area contributed by atoms with Crippen molar-refractivity contribution in [3.63, 3.8) is 0 Å². The van der Waals surface area contributed by atoms with E-state index in [1.165, 1.54) is 6.20 Å². The fourth-order valence-electron chi connectivity index (χ4n) is 0.707. The lowest BCUT2D eigenvalue weighted by Crippen LogP contribution is -2.09. The number of hydrogen-bond acceptors (Lipinski definition) is 7. The first-order chi connectivity index (χ1) is 6.22. The zero-order valence-corrected chi connectivity index (χ0v) is 6.94. The molecule has 0 aliphatic rings. The van der Waals surface area contributed by atoms with Crippen LogP contribution in [0.5, 0.6) is 0 Å². The quantitative estimate of drug-likeness (QED) is 0.466. The molecule has 0 aliphatic carbocycles. The van der Waals surface area contributed by atoms with Crippen molar-refractivity contribution < 1.29 is 0 Å². The maximum atomic E-state index is 5.34. The summed E-state index contributed by atoms with van der Waals surface area (Å²) in [4.78, 5) is 11.2. The van der Waals surface area contributed by atoms with Gasteiger partial charge in [0, 0.05) is 6.54 Å². The van der Waals surface area contributed by atoms with Gasteiger partial charge in [-0.25, -0.2) is 0 Å². The van der Waals surface area contributed by atoms with Crippen LogP contribution in [-0.4, -0.2) is 21.5 Å². The van der Waals surface area contributed by atoms with E-state index in [1.54, 1.807) is 6.08 Å². The summed E-state index contributed by atoms with van der Waals surface area (Å²) in [5.74, 6) is 0.515. The number of nitrogen functional groups attached to an aromatic ring is 2. The molecule has 1 aromatic heterocycles. The van der Waals surface area contributed by atoms with Crippen LogP contribution in [0.15, 0.2) is 12.3 Å².